The highest BCUT2D eigenvalue weighted by Crippen LogP contribution is 2.44. The zero-order valence-electron chi connectivity index (χ0n) is 23.6. The van der Waals surface area contributed by atoms with Gasteiger partial charge in [-0.1, -0.05) is 10.3 Å². The summed E-state index contributed by atoms with van der Waals surface area (Å²) in [6, 6.07) is 0.0894. The van der Waals surface area contributed by atoms with Gasteiger partial charge in [-0.3, -0.25) is 9.59 Å². The Hall–Kier alpha value is -4.44. The topological polar surface area (TPSA) is 153 Å². The summed E-state index contributed by atoms with van der Waals surface area (Å²) in [6.45, 7) is 0. The van der Waals surface area contributed by atoms with Crippen LogP contribution in [0.2, 0.25) is 0 Å². The number of nitrogens with one attached hydrogen (secondary N) is 2. The van der Waals surface area contributed by atoms with Crippen molar-refractivity contribution in [3.63, 3.8) is 0 Å². The van der Waals surface area contributed by atoms with E-state index in [1.165, 1.54) is 23.0 Å². The Labute approximate surface area is 251 Å². The van der Waals surface area contributed by atoms with Crippen LogP contribution in [0.25, 0.3) is 5.65 Å². The molecule has 2 N–H and O–H groups in total. The Kier molecular flexibility index (Phi) is 6.88. The highest BCUT2D eigenvalue weighted by molar-refractivity contribution is 5.93. The molecule has 238 valence electrons. The van der Waals surface area contributed by atoms with Crippen molar-refractivity contribution in [2.45, 2.75) is 86.9 Å². The Bertz CT molecular complexity index is 1720. The molecule has 12 nitrogen and oxygen atoms in total. The van der Waals surface area contributed by atoms with Crippen molar-refractivity contribution >= 4 is 17.5 Å². The summed E-state index contributed by atoms with van der Waals surface area (Å²) < 4.78 is 80.1. The molecular weight excluding hydrogens is 607 g/mol. The third-order valence-electron chi connectivity index (χ3n) is 9.05. The Morgan fingerprint density at radius 1 is 1.16 bits per heavy atom. The summed E-state index contributed by atoms with van der Waals surface area (Å²) in [6.07, 6.45) is 0.0159. The van der Waals surface area contributed by atoms with Crippen molar-refractivity contribution in [1.29, 1.82) is 0 Å². The molecule has 0 spiro atoms. The number of rotatable bonds is 8. The molecule has 45 heavy (non-hydrogen) atoms. The van der Waals surface area contributed by atoms with E-state index in [0.29, 0.717) is 17.0 Å². The van der Waals surface area contributed by atoms with Crippen molar-refractivity contribution in [2.75, 3.05) is 0 Å². The second-order valence-corrected chi connectivity index (χ2v) is 12.2. The van der Waals surface area contributed by atoms with Gasteiger partial charge in [0.15, 0.2) is 11.3 Å². The molecule has 7 rings (SSSR count). The van der Waals surface area contributed by atoms with Gasteiger partial charge in [0.05, 0.1) is 29.8 Å². The van der Waals surface area contributed by atoms with Crippen LogP contribution in [0.1, 0.15) is 90.0 Å². The van der Waals surface area contributed by atoms with Gasteiger partial charge < -0.3 is 15.2 Å². The van der Waals surface area contributed by atoms with Crippen molar-refractivity contribution < 1.29 is 40.7 Å². The van der Waals surface area contributed by atoms with Gasteiger partial charge in [-0.2, -0.15) is 18.3 Å². The van der Waals surface area contributed by atoms with Crippen LogP contribution in [0.15, 0.2) is 39.9 Å². The third-order valence-corrected chi connectivity index (χ3v) is 9.05. The third kappa shape index (κ3) is 5.52. The van der Waals surface area contributed by atoms with Crippen molar-refractivity contribution in [2.24, 2.45) is 5.92 Å². The molecular formula is C28H27F5N8O4. The molecule has 0 radical (unpaired) electrons. The number of alkyl halides is 5. The molecule has 1 aliphatic heterocycles. The van der Waals surface area contributed by atoms with Gasteiger partial charge in [0, 0.05) is 24.8 Å². The minimum absolute atomic E-state index is 0.0398. The summed E-state index contributed by atoms with van der Waals surface area (Å²) in [4.78, 5) is 31.1. The quantitative estimate of drug-likeness (QED) is 0.272. The van der Waals surface area contributed by atoms with Crippen LogP contribution in [-0.4, -0.2) is 60.0 Å². The second kappa shape index (κ2) is 10.6. The first kappa shape index (κ1) is 29.3. The summed E-state index contributed by atoms with van der Waals surface area (Å²) in [7, 11) is 0. The van der Waals surface area contributed by atoms with Crippen molar-refractivity contribution in [1.82, 2.24) is 40.7 Å². The molecule has 3 aliphatic rings. The monoisotopic (exact) mass is 634 g/mol. The number of aromatic nitrogens is 6. The fourth-order valence-corrected chi connectivity index (χ4v) is 6.45. The molecule has 4 aromatic rings. The summed E-state index contributed by atoms with van der Waals surface area (Å²) in [5.74, 6) is -4.50. The first-order valence-corrected chi connectivity index (χ1v) is 14.6. The zero-order chi connectivity index (χ0) is 31.6. The van der Waals surface area contributed by atoms with Crippen LogP contribution in [0.5, 0.6) is 0 Å². The Morgan fingerprint density at radius 3 is 2.60 bits per heavy atom. The molecule has 0 bridgehead atoms. The molecule has 17 heteroatoms. The highest BCUT2D eigenvalue weighted by Gasteiger charge is 2.57. The van der Waals surface area contributed by atoms with Gasteiger partial charge in [-0.25, -0.2) is 22.9 Å². The minimum atomic E-state index is -4.66. The number of carbonyl (C=O) groups is 2. The van der Waals surface area contributed by atoms with Gasteiger partial charge in [0.2, 0.25) is 11.8 Å². The lowest BCUT2D eigenvalue weighted by Crippen LogP contribution is -2.40. The molecule has 5 heterocycles. The SMILES string of the molecule is O=C(N[C@H](c1cn2ncc(C[C@@]3(c4ccon4)C[C@@H](C(F)(F)F)NC3=O)cc2n1)C1CCC(F)(F)CC1)c1nonc1C1CC1. The summed E-state index contributed by atoms with van der Waals surface area (Å²) >= 11 is 0. The van der Waals surface area contributed by atoms with Crippen LogP contribution in [-0.2, 0) is 16.6 Å². The molecule has 2 saturated carbocycles. The van der Waals surface area contributed by atoms with Gasteiger partial charge >= 0.3 is 6.18 Å². The fraction of sp³-hybridized carbons (Fsp3) is 0.536. The highest BCUT2D eigenvalue weighted by atomic mass is 19.4. The molecule has 4 aromatic heterocycles. The van der Waals surface area contributed by atoms with Gasteiger partial charge in [-0.15, -0.1) is 0 Å². The molecule has 3 atom stereocenters. The molecule has 0 aromatic carbocycles. The predicted octanol–water partition coefficient (Wildman–Crippen LogP) is 4.21. The molecule has 2 aliphatic carbocycles. The van der Waals surface area contributed by atoms with E-state index >= 15 is 0 Å². The van der Waals surface area contributed by atoms with Crippen LogP contribution in [0.3, 0.4) is 0 Å². The first-order chi connectivity index (χ1) is 21.4. The predicted molar refractivity (Wildman–Crippen MR) is 141 cm³/mol. The van der Waals surface area contributed by atoms with E-state index in [2.05, 4.69) is 30.9 Å². The number of carbonyl (C=O) groups excluding carboxylic acids is 2. The van der Waals surface area contributed by atoms with Crippen molar-refractivity contribution in [3.8, 4) is 0 Å². The number of imidazole rings is 1. The van der Waals surface area contributed by atoms with E-state index in [9.17, 15) is 31.5 Å². The average Bonchev–Trinajstić information content (AvgIpc) is 3.39. The van der Waals surface area contributed by atoms with E-state index < -0.39 is 47.8 Å². The maximum Gasteiger partial charge on any atom is 0.408 e. The Balaban J connectivity index is 1.19. The lowest BCUT2D eigenvalue weighted by atomic mass is 9.76. The summed E-state index contributed by atoms with van der Waals surface area (Å²) in [5, 5.41) is 20.8. The standard InChI is InChI=1S/C28H27F5N8O4/c29-27(30)6-3-16(4-7-27)21(37-24(42)23-22(15-1-2-15)39-45-40-23)17-13-41-20(35-17)9-14(12-34-41)10-26(18-5-8-44-38-18)11-19(28(31,32)33)36-25(26)43/h5,8-9,12-13,15-16,19,21H,1-4,6-7,10-11H2,(H,36,43)(H,37,42)/t19-,21-,26-/m0/s1. The number of hydrogen-bond donors (Lipinski definition) is 2. The Morgan fingerprint density at radius 2 is 1.93 bits per heavy atom. The van der Waals surface area contributed by atoms with Crippen LogP contribution < -0.4 is 10.6 Å². The van der Waals surface area contributed by atoms with Crippen LogP contribution in [0.4, 0.5) is 22.0 Å². The van der Waals surface area contributed by atoms with E-state index in [1.807, 2.05) is 5.32 Å². The normalized spacial score (nSPS) is 24.6. The number of amides is 2. The van der Waals surface area contributed by atoms with Gasteiger partial charge in [-0.05, 0) is 61.2 Å². The first-order valence-electron chi connectivity index (χ1n) is 14.6. The summed E-state index contributed by atoms with van der Waals surface area (Å²) in [5.41, 5.74) is -0.0790. The average molecular weight is 635 g/mol. The molecule has 3 fully saturated rings. The smallest absolute Gasteiger partial charge is 0.364 e. The molecule has 1 saturated heterocycles. The number of nitrogens with zero attached hydrogens (tertiary/aromatic N) is 6. The molecule has 2 amide bonds. The van der Waals surface area contributed by atoms with Gasteiger partial charge in [0.25, 0.3) is 5.91 Å². The lowest BCUT2D eigenvalue weighted by Gasteiger charge is -2.33. The maximum atomic E-state index is 14.1. The molecule has 0 unspecified atom stereocenters. The lowest BCUT2D eigenvalue weighted by molar-refractivity contribution is -0.155. The zero-order valence-corrected chi connectivity index (χ0v) is 23.6. The largest absolute Gasteiger partial charge is 0.408 e. The maximum absolute atomic E-state index is 14.1. The van der Waals surface area contributed by atoms with E-state index in [-0.39, 0.29) is 61.0 Å². The van der Waals surface area contributed by atoms with E-state index in [0.717, 1.165) is 12.8 Å². The number of halogens is 5. The van der Waals surface area contributed by atoms with Crippen molar-refractivity contribution in [3.05, 3.63) is 59.1 Å². The van der Waals surface area contributed by atoms with E-state index in [4.69, 9.17) is 9.15 Å². The van der Waals surface area contributed by atoms with Gasteiger partial charge in [0.1, 0.15) is 23.4 Å². The van der Waals surface area contributed by atoms with E-state index in [1.54, 1.807) is 12.3 Å². The number of hydrogen-bond acceptors (Lipinski definition) is 9. The minimum Gasteiger partial charge on any atom is -0.364 e. The fourth-order valence-electron chi connectivity index (χ4n) is 6.45. The van der Waals surface area contributed by atoms with Crippen LogP contribution in [0, 0.1) is 5.92 Å². The second-order valence-electron chi connectivity index (χ2n) is 12.2. The number of fused-ring (bicyclic) bond motifs is 1. The van der Waals surface area contributed by atoms with Crippen LogP contribution >= 0.6 is 0 Å².